The fraction of sp³-hybridized carbons (Fsp3) is 0.507. The third-order valence-corrected chi connectivity index (χ3v) is 21.3. The third kappa shape index (κ3) is 19.9. The van der Waals surface area contributed by atoms with Crippen molar-refractivity contribution in [2.45, 2.75) is 223 Å². The zero-order valence-electron chi connectivity index (χ0n) is 56.8. The number of alkyl halides is 2. The van der Waals surface area contributed by atoms with Crippen LogP contribution in [0.4, 0.5) is 8.78 Å². The van der Waals surface area contributed by atoms with Gasteiger partial charge in [0.2, 0.25) is 6.10 Å². The second kappa shape index (κ2) is 32.1. The molecule has 1 aliphatic carbocycles. The second-order valence-electron chi connectivity index (χ2n) is 26.9. The van der Waals surface area contributed by atoms with Gasteiger partial charge in [0.25, 0.3) is 0 Å². The van der Waals surface area contributed by atoms with Crippen molar-refractivity contribution in [2.24, 2.45) is 27.6 Å². The van der Waals surface area contributed by atoms with Crippen LogP contribution in [0.2, 0.25) is 0 Å². The summed E-state index contributed by atoms with van der Waals surface area (Å²) in [5.41, 5.74) is -2.01. The molecule has 2 bridgehead atoms. The zero-order valence-corrected chi connectivity index (χ0v) is 58.4. The quantitative estimate of drug-likeness (QED) is 0.0265. The molecule has 4 aliphatic heterocycles. The fourth-order valence-corrected chi connectivity index (χ4v) is 12.5. The van der Waals surface area contributed by atoms with E-state index in [0.717, 1.165) is 25.0 Å². The highest BCUT2D eigenvalue weighted by Gasteiger charge is 2.65. The number of fused-ring (bicyclic) bond motifs is 2. The molecule has 7 unspecified atom stereocenters. The molecule has 1 saturated carbocycles. The van der Waals surface area contributed by atoms with E-state index >= 15 is 0 Å². The van der Waals surface area contributed by atoms with Crippen LogP contribution in [-0.2, 0) is 79.9 Å². The first-order valence-corrected chi connectivity index (χ1v) is 34.8. The molecule has 0 aromatic heterocycles. The van der Waals surface area contributed by atoms with Crippen molar-refractivity contribution >= 4 is 56.8 Å². The van der Waals surface area contributed by atoms with Crippen LogP contribution >= 0.6 is 0 Å². The van der Waals surface area contributed by atoms with E-state index in [9.17, 15) is 55.6 Å². The van der Waals surface area contributed by atoms with E-state index in [4.69, 9.17) is 33.2 Å². The Bertz CT molecular complexity index is 3430. The van der Waals surface area contributed by atoms with Gasteiger partial charge in [-0.25, -0.2) is 13.2 Å². The van der Waals surface area contributed by atoms with Gasteiger partial charge in [-0.15, -0.1) is 0 Å². The van der Waals surface area contributed by atoms with E-state index in [-0.39, 0.29) is 64.7 Å². The molecule has 0 spiro atoms. The third-order valence-electron chi connectivity index (χ3n) is 18.0. The Morgan fingerprint density at radius 3 is 1.57 bits per heavy atom. The predicted octanol–water partition coefficient (Wildman–Crippen LogP) is 14.3. The van der Waals surface area contributed by atoms with E-state index in [1.807, 2.05) is 60.6 Å². The van der Waals surface area contributed by atoms with Crippen LogP contribution < -0.4 is 14.2 Å². The summed E-state index contributed by atoms with van der Waals surface area (Å²) >= 11 is 0. The van der Waals surface area contributed by atoms with Crippen LogP contribution in [-0.4, -0.2) is 101 Å². The summed E-state index contributed by atoms with van der Waals surface area (Å²) < 4.78 is 99.6. The molecule has 22 heteroatoms. The van der Waals surface area contributed by atoms with Gasteiger partial charge < -0.3 is 47.6 Å². The number of aromatic hydroxyl groups is 1. The molecule has 10 rings (SSSR count). The first kappa shape index (κ1) is 76.6. The van der Waals surface area contributed by atoms with Gasteiger partial charge in [-0.1, -0.05) is 82.3 Å². The minimum Gasteiger partial charge on any atom is -0.743 e. The maximum Gasteiger partial charge on any atom is 0.369 e. The Balaban J connectivity index is 0.000000188. The SMILES string of the molecule is CCC(C)(C)C(=O)OC(C)C(F)(F)S(=O)(=O)[O-].CCC(C)(C)C(=O)OC1C2CC3C(=O)OC1C3O2.CCC(C)(C)C(=O)OC1Cc2cc(O)ccc2OC1=O.CCC(C)(C)C(=O)Oc1ccc(OC2(C)CCCC2)cc1.c1ccc([S+](c2ccccc2)c2ccccc2)cc1. The van der Waals surface area contributed by atoms with E-state index in [2.05, 4.69) is 103 Å². The topological polar surface area (TPSA) is 254 Å². The highest BCUT2D eigenvalue weighted by Crippen LogP contribution is 2.48. The van der Waals surface area contributed by atoms with E-state index in [1.165, 1.54) is 59.6 Å². The molecule has 1 N–H and O–H groups in total. The molecule has 7 atom stereocenters. The van der Waals surface area contributed by atoms with Gasteiger partial charge in [0.15, 0.2) is 43.1 Å². The number of rotatable bonds is 19. The Morgan fingerprint density at radius 1 is 0.642 bits per heavy atom. The van der Waals surface area contributed by atoms with Gasteiger partial charge in [0.1, 0.15) is 34.7 Å². The van der Waals surface area contributed by atoms with Crippen molar-refractivity contribution in [3.05, 3.63) is 139 Å². The summed E-state index contributed by atoms with van der Waals surface area (Å²) in [7, 11) is -5.87. The van der Waals surface area contributed by atoms with Crippen molar-refractivity contribution in [1.29, 1.82) is 0 Å². The Hall–Kier alpha value is -7.40. The molecule has 18 nitrogen and oxygen atoms in total. The molecular weight excluding hydrogens is 1270 g/mol. The van der Waals surface area contributed by atoms with Gasteiger partial charge in [-0.2, -0.15) is 8.78 Å². The number of benzene rings is 5. The molecule has 4 heterocycles. The van der Waals surface area contributed by atoms with Crippen LogP contribution in [0.15, 0.2) is 148 Å². The van der Waals surface area contributed by atoms with Crippen molar-refractivity contribution in [2.75, 3.05) is 0 Å². The lowest BCUT2D eigenvalue weighted by atomic mass is 9.87. The highest BCUT2D eigenvalue weighted by molar-refractivity contribution is 7.97. The molecule has 5 aromatic rings. The summed E-state index contributed by atoms with van der Waals surface area (Å²) in [6, 6.07) is 44.0. The van der Waals surface area contributed by atoms with Gasteiger partial charge in [0.05, 0.1) is 44.6 Å². The Morgan fingerprint density at radius 2 is 1.09 bits per heavy atom. The molecule has 0 amide bonds. The monoisotopic (exact) mass is 1360 g/mol. The number of hydrogen-bond donors (Lipinski definition) is 1. The highest BCUT2D eigenvalue weighted by atomic mass is 32.2. The number of esters is 6. The summed E-state index contributed by atoms with van der Waals surface area (Å²) in [6.45, 7) is 24.3. The largest absolute Gasteiger partial charge is 0.743 e. The maximum absolute atomic E-state index is 13.0. The number of phenolic OH excluding ortho intramolecular Hbond substituents is 1. The summed E-state index contributed by atoms with van der Waals surface area (Å²) in [6.07, 6.45) is 3.46. The minimum atomic E-state index is -5.86. The van der Waals surface area contributed by atoms with Gasteiger partial charge in [-0.3, -0.25) is 24.0 Å². The lowest BCUT2D eigenvalue weighted by Crippen LogP contribution is -2.44. The lowest BCUT2D eigenvalue weighted by Gasteiger charge is -2.29. The van der Waals surface area contributed by atoms with Crippen LogP contribution in [0.25, 0.3) is 0 Å². The molecule has 0 radical (unpaired) electrons. The Kier molecular flexibility index (Phi) is 25.9. The van der Waals surface area contributed by atoms with Crippen molar-refractivity contribution in [1.82, 2.24) is 0 Å². The van der Waals surface area contributed by atoms with Crippen LogP contribution in [0.1, 0.15) is 160 Å². The maximum atomic E-state index is 13.0. The smallest absolute Gasteiger partial charge is 0.369 e. The number of halogens is 2. The number of carbonyl (C=O) groups is 6. The number of ether oxygens (including phenoxy) is 8. The van der Waals surface area contributed by atoms with Gasteiger partial charge >= 0.3 is 41.1 Å². The molecular formula is C73H92F2O18S2. The molecule has 3 saturated heterocycles. The molecule has 4 fully saturated rings. The fourth-order valence-electron chi connectivity index (χ4n) is 9.90. The molecule has 5 aliphatic rings. The summed E-state index contributed by atoms with van der Waals surface area (Å²) in [5, 5.41) is 4.81. The van der Waals surface area contributed by atoms with Crippen LogP contribution in [0.3, 0.4) is 0 Å². The van der Waals surface area contributed by atoms with Crippen molar-refractivity contribution in [3.8, 4) is 23.0 Å². The molecule has 5 aromatic carbocycles. The van der Waals surface area contributed by atoms with Crippen molar-refractivity contribution in [3.63, 3.8) is 0 Å². The van der Waals surface area contributed by atoms with Crippen molar-refractivity contribution < 1.29 is 93.5 Å². The van der Waals surface area contributed by atoms with Crippen LogP contribution in [0.5, 0.6) is 23.0 Å². The zero-order chi connectivity index (χ0) is 70.5. The molecule has 95 heavy (non-hydrogen) atoms. The average molecular weight is 1360 g/mol. The van der Waals surface area contributed by atoms with E-state index in [1.54, 1.807) is 32.9 Å². The lowest BCUT2D eigenvalue weighted by molar-refractivity contribution is -0.170. The van der Waals surface area contributed by atoms with E-state index in [0.29, 0.717) is 49.7 Å². The second-order valence-corrected chi connectivity index (χ2v) is 30.4. The van der Waals surface area contributed by atoms with Crippen LogP contribution in [0, 0.1) is 27.6 Å². The predicted molar refractivity (Wildman–Crippen MR) is 351 cm³/mol. The minimum absolute atomic E-state index is 0.0146. The first-order valence-electron chi connectivity index (χ1n) is 32.2. The Labute approximate surface area is 560 Å². The number of phenols is 1. The number of hydrogen-bond acceptors (Lipinski definition) is 18. The van der Waals surface area contributed by atoms with Gasteiger partial charge in [0, 0.05) is 12.0 Å². The summed E-state index contributed by atoms with van der Waals surface area (Å²) in [5.74, 6) is -0.873. The standard InChI is InChI=1S/C18H26O3.C18H15S.C15H18O5.C13H18O5.C9H16F2O5S/c1-5-17(2,3)16(19)20-14-8-10-15(11-9-14)21-18(4)12-6-7-13-18;1-4-10-16(11-5-1)19(17-12-6-2-7-13-17)18-14-8-3-9-15-18;1-4-15(2,3)14(18)20-12-8-9-7-10(16)5-6-11(9)19-13(12)17;1-4-13(2,3)12(15)18-9-7-5-6-8(16-7)10(9)17-11(6)14;1-5-8(3,4)7(12)16-6(2)9(10,11)17(13,14)15/h8-11H,5-7,12-13H2,1-4H3;1-15H;5-7,12,16H,4,8H2,1-3H3;6-10H,4-5H2,1-3H3;6H,5H2,1-4H3,(H,13,14,15)/q;+1;;;/p-1. The van der Waals surface area contributed by atoms with E-state index < -0.39 is 79.4 Å². The first-order chi connectivity index (χ1) is 44.4. The number of carbonyl (C=O) groups excluding carboxylic acids is 6. The molecule has 518 valence electrons. The average Bonchev–Trinajstić information content (AvgIpc) is 1.58. The normalized spacial score (nSPS) is 20.4. The summed E-state index contributed by atoms with van der Waals surface area (Å²) in [4.78, 5) is 75.0. The van der Waals surface area contributed by atoms with Gasteiger partial charge in [-0.05, 0) is 206 Å².